The first-order chi connectivity index (χ1) is 11.4. The zero-order valence-electron chi connectivity index (χ0n) is 12.6. The van der Waals surface area contributed by atoms with Gasteiger partial charge < -0.3 is 9.84 Å². The summed E-state index contributed by atoms with van der Waals surface area (Å²) in [7, 11) is 0. The number of halogens is 2. The Balaban J connectivity index is 2.04. The number of ether oxygens (including phenoxy) is 1. The van der Waals surface area contributed by atoms with Gasteiger partial charge >= 0.3 is 0 Å². The topological polar surface area (TPSA) is 59.6 Å². The first-order valence-electron chi connectivity index (χ1n) is 6.91. The summed E-state index contributed by atoms with van der Waals surface area (Å²) in [5.74, 6) is 2.56. The summed E-state index contributed by atoms with van der Waals surface area (Å²) in [6.45, 7) is 2.11. The molecular weight excluding hydrogens is 373 g/mol. The van der Waals surface area contributed by atoms with Crippen molar-refractivity contribution in [2.45, 2.75) is 24.2 Å². The fourth-order valence-electron chi connectivity index (χ4n) is 2.12. The smallest absolute Gasteiger partial charge is 0.210 e. The molecule has 3 rings (SSSR count). The van der Waals surface area contributed by atoms with Crippen LogP contribution in [0.4, 0.5) is 10.1 Å². The zero-order chi connectivity index (χ0) is 17.3. The van der Waals surface area contributed by atoms with Crippen LogP contribution in [0.5, 0.6) is 5.75 Å². The Labute approximate surface area is 151 Å². The minimum absolute atomic E-state index is 0.0228. The highest BCUT2D eigenvalue weighted by atomic mass is 35.5. The molecule has 24 heavy (non-hydrogen) atoms. The molecule has 1 atom stereocenters. The molecular formula is C15H13ClFN3O2S2. The monoisotopic (exact) mass is 385 g/mol. The van der Waals surface area contributed by atoms with Crippen molar-refractivity contribution in [3.05, 3.63) is 27.8 Å². The molecule has 1 N–H and O–H groups in total. The molecule has 0 radical (unpaired) electrons. The van der Waals surface area contributed by atoms with Crippen LogP contribution in [-0.2, 0) is 6.54 Å². The molecule has 0 fully saturated rings. The molecule has 1 aliphatic heterocycles. The highest BCUT2D eigenvalue weighted by Gasteiger charge is 2.29. The van der Waals surface area contributed by atoms with E-state index in [1.807, 2.05) is 0 Å². The molecule has 0 spiro atoms. The van der Waals surface area contributed by atoms with Gasteiger partial charge in [0.15, 0.2) is 11.0 Å². The van der Waals surface area contributed by atoms with E-state index >= 15 is 0 Å². The normalized spacial score (nSPS) is 20.5. The number of aromatic nitrogens is 2. The highest BCUT2D eigenvalue weighted by molar-refractivity contribution is 7.99. The van der Waals surface area contributed by atoms with Crippen LogP contribution in [0, 0.1) is 18.2 Å². The lowest BCUT2D eigenvalue weighted by atomic mass is 10.1. The number of benzene rings is 1. The van der Waals surface area contributed by atoms with Crippen LogP contribution in [0.2, 0.25) is 5.02 Å². The summed E-state index contributed by atoms with van der Waals surface area (Å²) in [6.07, 6.45) is 5.15. The van der Waals surface area contributed by atoms with Gasteiger partial charge in [0.05, 0.1) is 17.2 Å². The molecule has 9 heteroatoms. The lowest BCUT2D eigenvalue weighted by Crippen LogP contribution is -2.39. The molecule has 0 saturated heterocycles. The van der Waals surface area contributed by atoms with Crippen LogP contribution >= 0.6 is 34.9 Å². The van der Waals surface area contributed by atoms with Crippen LogP contribution in [-0.4, -0.2) is 32.0 Å². The van der Waals surface area contributed by atoms with Crippen molar-refractivity contribution >= 4 is 40.6 Å². The van der Waals surface area contributed by atoms with Crippen molar-refractivity contribution in [2.75, 3.05) is 12.4 Å². The number of thioether (sulfide) groups is 1. The summed E-state index contributed by atoms with van der Waals surface area (Å²) in [5, 5.41) is 11.1. The van der Waals surface area contributed by atoms with E-state index < -0.39 is 11.4 Å². The van der Waals surface area contributed by atoms with Gasteiger partial charge in [-0.05, 0) is 13.0 Å². The highest BCUT2D eigenvalue weighted by Crippen LogP contribution is 2.32. The minimum Gasteiger partial charge on any atom is -0.479 e. The second-order valence-corrected chi connectivity index (χ2v) is 7.54. The second-order valence-electron chi connectivity index (χ2n) is 5.46. The molecule has 0 aliphatic carbocycles. The number of terminal acetylenes is 1. The second kappa shape index (κ2) is 6.76. The largest absolute Gasteiger partial charge is 0.479 e. The molecule has 5 nitrogen and oxygen atoms in total. The van der Waals surface area contributed by atoms with Gasteiger partial charge in [0.1, 0.15) is 18.0 Å². The van der Waals surface area contributed by atoms with Crippen LogP contribution in [0.3, 0.4) is 0 Å². The Kier molecular flexibility index (Phi) is 4.88. The summed E-state index contributed by atoms with van der Waals surface area (Å²) in [4.78, 5) is 4.81. The van der Waals surface area contributed by atoms with E-state index in [9.17, 15) is 9.50 Å². The Hall–Kier alpha value is -1.53. The van der Waals surface area contributed by atoms with E-state index in [1.165, 1.54) is 17.8 Å². The third-order valence-corrected chi connectivity index (χ3v) is 5.69. The molecule has 126 valence electrons. The maximum atomic E-state index is 14.2. The summed E-state index contributed by atoms with van der Waals surface area (Å²) in [6, 6.07) is 2.53. The van der Waals surface area contributed by atoms with E-state index in [4.69, 9.17) is 22.8 Å². The molecule has 0 saturated carbocycles. The predicted octanol–water partition coefficient (Wildman–Crippen LogP) is 2.84. The SMILES string of the molecule is C#CCOc1cc(N=c2snc3n2CC(C)(O)CS3)c(F)cc1Cl. The third-order valence-electron chi connectivity index (χ3n) is 3.21. The van der Waals surface area contributed by atoms with E-state index in [1.54, 1.807) is 11.5 Å². The Morgan fingerprint density at radius 1 is 1.62 bits per heavy atom. The number of hydrogen-bond acceptors (Lipinski definition) is 6. The molecule has 0 bridgehead atoms. The van der Waals surface area contributed by atoms with E-state index in [-0.39, 0.29) is 23.1 Å². The van der Waals surface area contributed by atoms with E-state index in [0.717, 1.165) is 22.8 Å². The van der Waals surface area contributed by atoms with Crippen LogP contribution in [0.15, 0.2) is 22.3 Å². The molecule has 2 heterocycles. The average Bonchev–Trinajstić information content (AvgIpc) is 2.89. The van der Waals surface area contributed by atoms with Gasteiger partial charge in [0.2, 0.25) is 4.80 Å². The number of aliphatic hydroxyl groups is 1. The Morgan fingerprint density at radius 2 is 2.42 bits per heavy atom. The van der Waals surface area contributed by atoms with E-state index in [0.29, 0.717) is 17.1 Å². The molecule has 1 aromatic carbocycles. The zero-order valence-corrected chi connectivity index (χ0v) is 15.0. The van der Waals surface area contributed by atoms with Gasteiger partial charge in [0.25, 0.3) is 0 Å². The van der Waals surface area contributed by atoms with E-state index in [2.05, 4.69) is 15.3 Å². The standard InChI is InChI=1S/C15H13ClFN3O2S2/c1-3-4-22-12-6-11(10(17)5-9(12)16)18-13-20-7-15(2,21)8-23-14(20)19-24-13/h1,5-6,21H,4,7-8H2,2H3. The number of nitrogens with zero attached hydrogens (tertiary/aromatic N) is 3. The first kappa shape index (κ1) is 17.3. The fraction of sp³-hybridized carbons (Fsp3) is 0.333. The quantitative estimate of drug-likeness (QED) is 0.825. The van der Waals surface area contributed by atoms with Gasteiger partial charge in [-0.15, -0.1) is 6.42 Å². The average molecular weight is 386 g/mol. The van der Waals surface area contributed by atoms with Crippen LogP contribution in [0.1, 0.15) is 6.92 Å². The lowest BCUT2D eigenvalue weighted by molar-refractivity contribution is 0.0589. The van der Waals surface area contributed by atoms with Crippen LogP contribution < -0.4 is 9.54 Å². The Bertz CT molecular complexity index is 886. The van der Waals surface area contributed by atoms with Gasteiger partial charge in [-0.3, -0.25) is 4.57 Å². The van der Waals surface area contributed by atoms with Gasteiger partial charge in [-0.1, -0.05) is 29.3 Å². The third kappa shape index (κ3) is 3.59. The maximum absolute atomic E-state index is 14.2. The predicted molar refractivity (Wildman–Crippen MR) is 92.4 cm³/mol. The molecule has 1 unspecified atom stereocenters. The number of fused-ring (bicyclic) bond motifs is 1. The maximum Gasteiger partial charge on any atom is 0.210 e. The van der Waals surface area contributed by atoms with Crippen molar-refractivity contribution in [1.29, 1.82) is 0 Å². The Morgan fingerprint density at radius 3 is 3.17 bits per heavy atom. The summed E-state index contributed by atoms with van der Waals surface area (Å²) >= 11 is 8.52. The number of rotatable bonds is 3. The van der Waals surface area contributed by atoms with Gasteiger partial charge in [0, 0.05) is 23.4 Å². The van der Waals surface area contributed by atoms with Crippen molar-refractivity contribution in [2.24, 2.45) is 4.99 Å². The van der Waals surface area contributed by atoms with Crippen molar-refractivity contribution < 1.29 is 14.2 Å². The van der Waals surface area contributed by atoms with Crippen molar-refractivity contribution in [1.82, 2.24) is 8.94 Å². The molecule has 0 amide bonds. The summed E-state index contributed by atoms with van der Waals surface area (Å²) < 4.78 is 25.5. The van der Waals surface area contributed by atoms with Gasteiger partial charge in [-0.25, -0.2) is 9.38 Å². The molecule has 1 aliphatic rings. The van der Waals surface area contributed by atoms with Crippen molar-refractivity contribution in [3.8, 4) is 18.1 Å². The van der Waals surface area contributed by atoms with Crippen molar-refractivity contribution in [3.63, 3.8) is 0 Å². The first-order valence-corrected chi connectivity index (χ1v) is 9.05. The fourth-order valence-corrected chi connectivity index (χ4v) is 4.19. The van der Waals surface area contributed by atoms with Crippen LogP contribution in [0.25, 0.3) is 0 Å². The molecule has 1 aromatic heterocycles. The molecule has 2 aromatic rings. The minimum atomic E-state index is -0.866. The lowest BCUT2D eigenvalue weighted by Gasteiger charge is -2.27. The number of hydrogen-bond donors (Lipinski definition) is 1. The van der Waals surface area contributed by atoms with Gasteiger partial charge in [-0.2, -0.15) is 4.37 Å². The summed E-state index contributed by atoms with van der Waals surface area (Å²) in [5.41, 5.74) is -0.796.